The zero-order valence-corrected chi connectivity index (χ0v) is 19.0. The first-order chi connectivity index (χ1) is 14.8. The van der Waals surface area contributed by atoms with Crippen LogP contribution < -0.4 is 5.32 Å². The van der Waals surface area contributed by atoms with Crippen LogP contribution in [-0.2, 0) is 32.3 Å². The largest absolute Gasteiger partial charge is 0.374 e. The van der Waals surface area contributed by atoms with E-state index in [1.165, 1.54) is 4.90 Å². The van der Waals surface area contributed by atoms with Gasteiger partial charge in [-0.15, -0.1) is 0 Å². The first kappa shape index (κ1) is 23.2. The second-order valence-electron chi connectivity index (χ2n) is 9.19. The Balaban J connectivity index is 1.73. The molecule has 0 bridgehead atoms. The molecule has 0 aromatic heterocycles. The Morgan fingerprint density at radius 1 is 1.03 bits per heavy atom. The summed E-state index contributed by atoms with van der Waals surface area (Å²) in [5.74, 6) is -1.16. The van der Waals surface area contributed by atoms with Crippen LogP contribution in [0.25, 0.3) is 0 Å². The van der Waals surface area contributed by atoms with Crippen LogP contribution in [-0.4, -0.2) is 34.8 Å². The SMILES string of the molecule is CC(C)CC(C(=O)NCc1ccccc1COC(C)C)N1C(=O)C2CC=CCC2C1=O. The van der Waals surface area contributed by atoms with Gasteiger partial charge in [0.15, 0.2) is 0 Å². The smallest absolute Gasteiger partial charge is 0.243 e. The molecule has 0 spiro atoms. The summed E-state index contributed by atoms with van der Waals surface area (Å²) in [7, 11) is 0. The number of allylic oxidation sites excluding steroid dienone is 2. The number of imide groups is 1. The summed E-state index contributed by atoms with van der Waals surface area (Å²) in [6.07, 6.45) is 5.64. The van der Waals surface area contributed by atoms with Crippen molar-refractivity contribution in [1.82, 2.24) is 10.2 Å². The minimum atomic E-state index is -0.773. The van der Waals surface area contributed by atoms with Crippen molar-refractivity contribution in [2.75, 3.05) is 0 Å². The third-order valence-corrected chi connectivity index (χ3v) is 5.99. The Bertz CT molecular complexity index is 820. The maximum Gasteiger partial charge on any atom is 0.243 e. The number of ether oxygens (including phenoxy) is 1. The van der Waals surface area contributed by atoms with E-state index in [1.54, 1.807) is 0 Å². The molecule has 1 aromatic carbocycles. The van der Waals surface area contributed by atoms with Gasteiger partial charge >= 0.3 is 0 Å². The molecule has 6 nitrogen and oxygen atoms in total. The first-order valence-electron chi connectivity index (χ1n) is 11.3. The molecular formula is C25H34N2O4. The van der Waals surface area contributed by atoms with Crippen LogP contribution in [0, 0.1) is 17.8 Å². The molecule has 0 radical (unpaired) electrons. The van der Waals surface area contributed by atoms with Crippen molar-refractivity contribution >= 4 is 17.7 Å². The highest BCUT2D eigenvalue weighted by Crippen LogP contribution is 2.37. The summed E-state index contributed by atoms with van der Waals surface area (Å²) in [6.45, 7) is 8.77. The van der Waals surface area contributed by atoms with Gasteiger partial charge in [-0.3, -0.25) is 19.3 Å². The normalized spacial score (nSPS) is 21.7. The molecule has 1 heterocycles. The Morgan fingerprint density at radius 3 is 2.16 bits per heavy atom. The van der Waals surface area contributed by atoms with Crippen LogP contribution in [0.5, 0.6) is 0 Å². The molecule has 168 valence electrons. The van der Waals surface area contributed by atoms with Gasteiger partial charge in [-0.1, -0.05) is 50.3 Å². The Morgan fingerprint density at radius 2 is 1.61 bits per heavy atom. The van der Waals surface area contributed by atoms with Gasteiger partial charge in [0.1, 0.15) is 6.04 Å². The number of benzene rings is 1. The summed E-state index contributed by atoms with van der Waals surface area (Å²) < 4.78 is 5.72. The van der Waals surface area contributed by atoms with Gasteiger partial charge in [0.25, 0.3) is 0 Å². The average Bonchev–Trinajstić information content (AvgIpc) is 2.99. The van der Waals surface area contributed by atoms with Crippen LogP contribution in [0.4, 0.5) is 0 Å². The molecule has 2 aliphatic rings. The van der Waals surface area contributed by atoms with E-state index in [4.69, 9.17) is 4.74 Å². The Hall–Kier alpha value is -2.47. The molecular weight excluding hydrogens is 392 g/mol. The molecule has 3 rings (SSSR count). The molecule has 1 saturated heterocycles. The number of hydrogen-bond donors (Lipinski definition) is 1. The predicted octanol–water partition coefficient (Wildman–Crippen LogP) is 3.59. The van der Waals surface area contributed by atoms with E-state index in [0.29, 0.717) is 32.4 Å². The van der Waals surface area contributed by atoms with Gasteiger partial charge in [-0.25, -0.2) is 0 Å². The van der Waals surface area contributed by atoms with E-state index in [1.807, 2.05) is 64.1 Å². The lowest BCUT2D eigenvalue weighted by Crippen LogP contribution is -2.50. The zero-order valence-electron chi connectivity index (χ0n) is 19.0. The van der Waals surface area contributed by atoms with Crippen molar-refractivity contribution < 1.29 is 19.1 Å². The number of nitrogens with zero attached hydrogens (tertiary/aromatic N) is 1. The van der Waals surface area contributed by atoms with Gasteiger partial charge in [0.2, 0.25) is 17.7 Å². The highest BCUT2D eigenvalue weighted by Gasteiger charge is 2.51. The maximum atomic E-state index is 13.2. The number of likely N-dealkylation sites (tertiary alicyclic amines) is 1. The molecule has 1 aromatic rings. The minimum absolute atomic E-state index is 0.114. The summed E-state index contributed by atoms with van der Waals surface area (Å²) in [4.78, 5) is 40.5. The second kappa shape index (κ2) is 10.2. The lowest BCUT2D eigenvalue weighted by atomic mass is 9.85. The van der Waals surface area contributed by atoms with Gasteiger partial charge in [0, 0.05) is 6.54 Å². The van der Waals surface area contributed by atoms with Crippen molar-refractivity contribution in [3.8, 4) is 0 Å². The van der Waals surface area contributed by atoms with E-state index in [0.717, 1.165) is 11.1 Å². The van der Waals surface area contributed by atoms with Gasteiger partial charge in [-0.2, -0.15) is 0 Å². The van der Waals surface area contributed by atoms with E-state index in [-0.39, 0.29) is 41.6 Å². The Labute approximate surface area is 185 Å². The lowest BCUT2D eigenvalue weighted by molar-refractivity contribution is -0.148. The van der Waals surface area contributed by atoms with E-state index in [2.05, 4.69) is 5.32 Å². The maximum absolute atomic E-state index is 13.2. The van der Waals surface area contributed by atoms with Gasteiger partial charge < -0.3 is 10.1 Å². The molecule has 1 N–H and O–H groups in total. The number of nitrogens with one attached hydrogen (secondary N) is 1. The van der Waals surface area contributed by atoms with Gasteiger partial charge in [0.05, 0.1) is 24.5 Å². The van der Waals surface area contributed by atoms with Crippen molar-refractivity contribution in [2.24, 2.45) is 17.8 Å². The predicted molar refractivity (Wildman–Crippen MR) is 119 cm³/mol. The third-order valence-electron chi connectivity index (χ3n) is 5.99. The molecule has 1 aliphatic heterocycles. The quantitative estimate of drug-likeness (QED) is 0.484. The fourth-order valence-electron chi connectivity index (χ4n) is 4.34. The number of amides is 3. The number of rotatable bonds is 9. The molecule has 31 heavy (non-hydrogen) atoms. The van der Waals surface area contributed by atoms with Crippen LogP contribution in [0.2, 0.25) is 0 Å². The van der Waals surface area contributed by atoms with Crippen LogP contribution >= 0.6 is 0 Å². The molecule has 0 saturated carbocycles. The fourth-order valence-corrected chi connectivity index (χ4v) is 4.34. The fraction of sp³-hybridized carbons (Fsp3) is 0.560. The van der Waals surface area contributed by atoms with E-state index < -0.39 is 6.04 Å². The minimum Gasteiger partial charge on any atom is -0.374 e. The topological polar surface area (TPSA) is 75.7 Å². The first-order valence-corrected chi connectivity index (χ1v) is 11.3. The highest BCUT2D eigenvalue weighted by molar-refractivity contribution is 6.08. The molecule has 3 unspecified atom stereocenters. The van der Waals surface area contributed by atoms with Gasteiger partial charge in [-0.05, 0) is 50.2 Å². The second-order valence-corrected chi connectivity index (χ2v) is 9.19. The number of carbonyl (C=O) groups excluding carboxylic acids is 3. The Kier molecular flexibility index (Phi) is 7.65. The van der Waals surface area contributed by atoms with Crippen molar-refractivity contribution in [3.05, 3.63) is 47.5 Å². The monoisotopic (exact) mass is 426 g/mol. The van der Waals surface area contributed by atoms with E-state index in [9.17, 15) is 14.4 Å². The third kappa shape index (κ3) is 5.42. The molecule has 1 fully saturated rings. The van der Waals surface area contributed by atoms with Crippen molar-refractivity contribution in [3.63, 3.8) is 0 Å². The summed E-state index contributed by atoms with van der Waals surface area (Å²) in [5, 5.41) is 2.98. The van der Waals surface area contributed by atoms with Crippen LogP contribution in [0.1, 0.15) is 58.1 Å². The van der Waals surface area contributed by atoms with Crippen molar-refractivity contribution in [1.29, 1.82) is 0 Å². The molecule has 1 aliphatic carbocycles. The molecule has 6 heteroatoms. The summed E-state index contributed by atoms with van der Waals surface area (Å²) in [5.41, 5.74) is 1.99. The number of hydrogen-bond acceptors (Lipinski definition) is 4. The number of carbonyl (C=O) groups is 3. The average molecular weight is 427 g/mol. The van der Waals surface area contributed by atoms with Crippen LogP contribution in [0.3, 0.4) is 0 Å². The van der Waals surface area contributed by atoms with E-state index >= 15 is 0 Å². The number of fused-ring (bicyclic) bond motifs is 1. The lowest BCUT2D eigenvalue weighted by Gasteiger charge is -2.27. The van der Waals surface area contributed by atoms with Crippen LogP contribution in [0.15, 0.2) is 36.4 Å². The highest BCUT2D eigenvalue weighted by atomic mass is 16.5. The molecule has 3 amide bonds. The zero-order chi connectivity index (χ0) is 22.5. The standard InChI is InChI=1S/C25H34N2O4/c1-16(2)13-22(27-24(29)20-11-7-8-12-21(20)25(27)30)23(28)26-14-18-9-5-6-10-19(18)15-31-17(3)4/h5-10,16-17,20-22H,11-15H2,1-4H3,(H,26,28). The molecule has 3 atom stereocenters. The van der Waals surface area contributed by atoms with Crippen molar-refractivity contribution in [2.45, 2.75) is 72.3 Å². The summed E-state index contributed by atoms with van der Waals surface area (Å²) in [6, 6.07) is 7.05. The summed E-state index contributed by atoms with van der Waals surface area (Å²) >= 11 is 0.